The first kappa shape index (κ1) is 29.6. The molecule has 0 amide bonds. The first-order valence-electron chi connectivity index (χ1n) is 13.9. The molecule has 222 valence electrons. The second-order valence-electron chi connectivity index (χ2n) is 10.6. The highest BCUT2D eigenvalue weighted by molar-refractivity contribution is 6.29. The van der Waals surface area contributed by atoms with E-state index < -0.39 is 5.82 Å². The van der Waals surface area contributed by atoms with Crippen molar-refractivity contribution in [2.75, 3.05) is 50.8 Å². The number of ether oxygens (including phenoxy) is 1. The van der Waals surface area contributed by atoms with Gasteiger partial charge in [-0.2, -0.15) is 5.10 Å². The molecule has 4 aromatic heterocycles. The molecule has 0 aromatic carbocycles. The molecular weight excluding hydrogens is 559 g/mol. The minimum atomic E-state index is -0.395. The molecule has 5 heterocycles. The summed E-state index contributed by atoms with van der Waals surface area (Å²) in [7, 11) is 3.93. The Balaban J connectivity index is 1.25. The third-order valence-electron chi connectivity index (χ3n) is 7.28. The van der Waals surface area contributed by atoms with E-state index in [2.05, 4.69) is 47.2 Å². The summed E-state index contributed by atoms with van der Waals surface area (Å²) in [5, 5.41) is 8.16. The van der Waals surface area contributed by atoms with Gasteiger partial charge in [0.1, 0.15) is 28.0 Å². The molecule has 1 aliphatic rings. The molecule has 13 heteroatoms. The Hall–Kier alpha value is -3.87. The summed E-state index contributed by atoms with van der Waals surface area (Å²) in [5.74, 6) is 0.990. The van der Waals surface area contributed by atoms with E-state index in [1.165, 1.54) is 0 Å². The highest BCUT2D eigenvalue weighted by Crippen LogP contribution is 2.33. The normalized spacial score (nSPS) is 15.1. The van der Waals surface area contributed by atoms with Gasteiger partial charge in [0.15, 0.2) is 5.82 Å². The first-order valence-corrected chi connectivity index (χ1v) is 14.3. The van der Waals surface area contributed by atoms with E-state index >= 15 is 4.39 Å². The van der Waals surface area contributed by atoms with Crippen LogP contribution in [0.2, 0.25) is 5.15 Å². The zero-order chi connectivity index (χ0) is 29.8. The fourth-order valence-corrected chi connectivity index (χ4v) is 5.13. The van der Waals surface area contributed by atoms with Crippen LogP contribution in [0.15, 0.2) is 36.8 Å². The van der Waals surface area contributed by atoms with Crippen molar-refractivity contribution in [2.45, 2.75) is 32.9 Å². The lowest BCUT2D eigenvalue weighted by Crippen LogP contribution is -2.43. The summed E-state index contributed by atoms with van der Waals surface area (Å²) < 4.78 is 23.3. The quantitative estimate of drug-likeness (QED) is 0.260. The second-order valence-corrected chi connectivity index (χ2v) is 11.0. The van der Waals surface area contributed by atoms with E-state index in [1.54, 1.807) is 41.5 Å². The number of rotatable bonds is 10. The van der Waals surface area contributed by atoms with Crippen LogP contribution >= 0.6 is 11.6 Å². The number of aryl methyl sites for hydroxylation is 2. The van der Waals surface area contributed by atoms with Gasteiger partial charge in [-0.05, 0) is 44.7 Å². The molecule has 0 radical (unpaired) electrons. The number of hydrogen-bond acceptors (Lipinski definition) is 10. The van der Waals surface area contributed by atoms with Crippen LogP contribution in [0.3, 0.4) is 0 Å². The van der Waals surface area contributed by atoms with Crippen molar-refractivity contribution < 1.29 is 9.13 Å². The third-order valence-corrected chi connectivity index (χ3v) is 7.48. The van der Waals surface area contributed by atoms with Gasteiger partial charge in [-0.1, -0.05) is 11.6 Å². The van der Waals surface area contributed by atoms with Gasteiger partial charge >= 0.3 is 0 Å². The largest absolute Gasteiger partial charge is 0.474 e. The lowest BCUT2D eigenvalue weighted by atomic mass is 10.1. The van der Waals surface area contributed by atoms with Crippen LogP contribution in [0.1, 0.15) is 24.6 Å². The molecule has 1 fully saturated rings. The van der Waals surface area contributed by atoms with Crippen LogP contribution in [0, 0.1) is 12.7 Å². The smallest absolute Gasteiger partial charge is 0.223 e. The standard InChI is InChI=1S/C29H36ClFN10O/c1-18(42-29-26(19(2)38-40(29)4)28-34-8-6-25(32)37-28)5-7-33-23-14-24(30)35-16-21(23)27-22(31)13-20(15-36-27)17-41-11-9-39(3)10-12-41/h6,8,13-16,18H,5,7,9-12,17H2,1-4H3,(H,33,35)(H2,32,34,37)/t18-/m0/s1. The monoisotopic (exact) mass is 594 g/mol. The van der Waals surface area contributed by atoms with Crippen LogP contribution in [0.4, 0.5) is 15.9 Å². The maximum absolute atomic E-state index is 15.3. The molecule has 11 nitrogen and oxygen atoms in total. The number of anilines is 2. The van der Waals surface area contributed by atoms with Crippen LogP contribution in [0.5, 0.6) is 5.88 Å². The number of aromatic nitrogens is 6. The second kappa shape index (κ2) is 13.0. The Kier molecular flexibility index (Phi) is 9.15. The molecule has 0 bridgehead atoms. The molecule has 1 atom stereocenters. The van der Waals surface area contributed by atoms with Gasteiger partial charge in [0, 0.05) is 82.6 Å². The zero-order valence-corrected chi connectivity index (χ0v) is 25.1. The van der Waals surface area contributed by atoms with Gasteiger partial charge in [0.25, 0.3) is 0 Å². The highest BCUT2D eigenvalue weighted by atomic mass is 35.5. The van der Waals surface area contributed by atoms with Crippen LogP contribution in [0.25, 0.3) is 22.6 Å². The predicted octanol–water partition coefficient (Wildman–Crippen LogP) is 4.03. The van der Waals surface area contributed by atoms with E-state index in [1.807, 2.05) is 20.9 Å². The number of nitrogens with two attached hydrogens (primary N) is 1. The van der Waals surface area contributed by atoms with Crippen molar-refractivity contribution in [1.29, 1.82) is 0 Å². The summed E-state index contributed by atoms with van der Waals surface area (Å²) in [6.07, 6.45) is 5.32. The van der Waals surface area contributed by atoms with Crippen molar-refractivity contribution >= 4 is 23.1 Å². The average Bonchev–Trinajstić information content (AvgIpc) is 3.22. The Labute approximate surface area is 249 Å². The number of likely N-dealkylation sites (N-methyl/N-ethyl adjacent to an activating group) is 1. The molecule has 0 spiro atoms. The Morgan fingerprint density at radius 3 is 2.64 bits per heavy atom. The van der Waals surface area contributed by atoms with E-state index in [4.69, 9.17) is 22.1 Å². The summed E-state index contributed by atoms with van der Waals surface area (Å²) in [6, 6.07) is 4.88. The lowest BCUT2D eigenvalue weighted by molar-refractivity contribution is 0.148. The SMILES string of the molecule is Cc1nn(C)c(O[C@@H](C)CCNc2cc(Cl)ncc2-c2ncc(CN3CCN(C)CC3)cc2F)c1-c1nccc(N)n1. The number of nitrogens with one attached hydrogen (secondary N) is 1. The summed E-state index contributed by atoms with van der Waals surface area (Å²) in [5.41, 5.74) is 9.57. The van der Waals surface area contributed by atoms with E-state index in [0.717, 1.165) is 37.4 Å². The number of pyridine rings is 2. The molecule has 1 aliphatic heterocycles. The fraction of sp³-hybridized carbons (Fsp3) is 0.414. The molecule has 0 unspecified atom stereocenters. The topological polar surface area (TPSA) is 123 Å². The molecule has 0 aliphatic carbocycles. The van der Waals surface area contributed by atoms with Gasteiger partial charge < -0.3 is 20.7 Å². The summed E-state index contributed by atoms with van der Waals surface area (Å²) >= 11 is 6.21. The number of piperazine rings is 1. The minimum absolute atomic E-state index is 0.198. The van der Waals surface area contributed by atoms with Crippen LogP contribution < -0.4 is 15.8 Å². The zero-order valence-electron chi connectivity index (χ0n) is 24.3. The molecule has 42 heavy (non-hydrogen) atoms. The summed E-state index contributed by atoms with van der Waals surface area (Å²) in [6.45, 7) is 8.95. The Bertz CT molecular complexity index is 1540. The Morgan fingerprint density at radius 1 is 1.12 bits per heavy atom. The maximum atomic E-state index is 15.3. The maximum Gasteiger partial charge on any atom is 0.223 e. The third kappa shape index (κ3) is 6.94. The van der Waals surface area contributed by atoms with Gasteiger partial charge in [-0.3, -0.25) is 9.88 Å². The van der Waals surface area contributed by atoms with Crippen LogP contribution in [-0.2, 0) is 13.6 Å². The van der Waals surface area contributed by atoms with Gasteiger partial charge in [0.2, 0.25) is 5.88 Å². The fourth-order valence-electron chi connectivity index (χ4n) is 4.97. The van der Waals surface area contributed by atoms with Crippen molar-refractivity contribution in [3.63, 3.8) is 0 Å². The number of hydrogen-bond donors (Lipinski definition) is 2. The lowest BCUT2D eigenvalue weighted by Gasteiger charge is -2.32. The Morgan fingerprint density at radius 2 is 1.90 bits per heavy atom. The van der Waals surface area contributed by atoms with E-state index in [-0.39, 0.29) is 11.8 Å². The summed E-state index contributed by atoms with van der Waals surface area (Å²) in [4.78, 5) is 22.0. The minimum Gasteiger partial charge on any atom is -0.474 e. The molecule has 4 aromatic rings. The van der Waals surface area contributed by atoms with Gasteiger partial charge in [-0.15, -0.1) is 0 Å². The molecular formula is C29H36ClFN10O. The van der Waals surface area contributed by atoms with Crippen molar-refractivity contribution in [3.8, 4) is 28.5 Å². The number of nitrogens with zero attached hydrogens (tertiary/aromatic N) is 8. The number of halogens is 2. The number of nitrogen functional groups attached to an aromatic ring is 1. The molecule has 1 saturated heterocycles. The first-order chi connectivity index (χ1) is 20.2. The van der Waals surface area contributed by atoms with Crippen LogP contribution in [-0.4, -0.2) is 85.4 Å². The predicted molar refractivity (Wildman–Crippen MR) is 162 cm³/mol. The molecule has 5 rings (SSSR count). The highest BCUT2D eigenvalue weighted by Gasteiger charge is 2.22. The molecule has 0 saturated carbocycles. The molecule has 3 N–H and O–H groups in total. The van der Waals surface area contributed by atoms with Gasteiger partial charge in [-0.25, -0.2) is 24.0 Å². The average molecular weight is 595 g/mol. The van der Waals surface area contributed by atoms with E-state index in [9.17, 15) is 0 Å². The van der Waals surface area contributed by atoms with Gasteiger partial charge in [0.05, 0.1) is 11.8 Å². The van der Waals surface area contributed by atoms with Crippen molar-refractivity contribution in [3.05, 3.63) is 59.0 Å². The van der Waals surface area contributed by atoms with E-state index in [0.29, 0.717) is 59.0 Å². The van der Waals surface area contributed by atoms with Crippen molar-refractivity contribution in [2.24, 2.45) is 7.05 Å². The van der Waals surface area contributed by atoms with Crippen molar-refractivity contribution in [1.82, 2.24) is 39.5 Å².